The van der Waals surface area contributed by atoms with Crippen molar-refractivity contribution in [2.45, 2.75) is 38.1 Å². The molecule has 0 amide bonds. The molecule has 0 aliphatic heterocycles. The second-order valence-electron chi connectivity index (χ2n) is 2.91. The summed E-state index contributed by atoms with van der Waals surface area (Å²) in [6, 6.07) is 0.420. The number of halogens is 1. The molecule has 0 radical (unpaired) electrons. The molecule has 0 saturated carbocycles. The van der Waals surface area contributed by atoms with Crippen LogP contribution in [-0.4, -0.2) is 11.9 Å². The molecule has 3 N–H and O–H groups in total. The number of rotatable bonds is 8. The second kappa shape index (κ2) is 9.04. The van der Waals surface area contributed by atoms with Gasteiger partial charge in [-0.2, -0.15) is 0 Å². The number of allylic oxidation sites excluding steroid dienone is 1. The smallest absolute Gasteiger partial charge is 0.0224 e. The minimum atomic E-state index is 0.420. The molecule has 12 heavy (non-hydrogen) atoms. The number of hydrazine groups is 1. The summed E-state index contributed by atoms with van der Waals surface area (Å²) in [4.78, 5) is 0. The molecule has 3 heteroatoms. The van der Waals surface area contributed by atoms with Gasteiger partial charge in [0.2, 0.25) is 0 Å². The molecule has 0 aromatic carbocycles. The summed E-state index contributed by atoms with van der Waals surface area (Å²) in [6.07, 6.45) is 7.37. The highest BCUT2D eigenvalue weighted by Gasteiger charge is 2.04. The Morgan fingerprint density at radius 1 is 1.42 bits per heavy atom. The van der Waals surface area contributed by atoms with Gasteiger partial charge in [-0.25, -0.2) is 0 Å². The highest BCUT2D eigenvalue weighted by Crippen LogP contribution is 2.06. The molecule has 0 spiro atoms. The SMILES string of the molecule is C=CCCCC(CCCCl)NN. The van der Waals surface area contributed by atoms with E-state index in [0.717, 1.165) is 38.0 Å². The number of unbranched alkanes of at least 4 members (excludes halogenated alkanes) is 1. The summed E-state index contributed by atoms with van der Waals surface area (Å²) < 4.78 is 0. The van der Waals surface area contributed by atoms with E-state index in [1.807, 2.05) is 6.08 Å². The molecule has 0 rings (SSSR count). The highest BCUT2D eigenvalue weighted by molar-refractivity contribution is 6.17. The minimum absolute atomic E-state index is 0.420. The van der Waals surface area contributed by atoms with Crippen molar-refractivity contribution in [2.24, 2.45) is 5.84 Å². The predicted octanol–water partition coefficient (Wildman–Crippen LogP) is 2.19. The lowest BCUT2D eigenvalue weighted by Gasteiger charge is -2.13. The monoisotopic (exact) mass is 190 g/mol. The van der Waals surface area contributed by atoms with Crippen LogP contribution in [0.1, 0.15) is 32.1 Å². The second-order valence-corrected chi connectivity index (χ2v) is 3.29. The Bertz CT molecular complexity index is 107. The fourth-order valence-corrected chi connectivity index (χ4v) is 1.30. The van der Waals surface area contributed by atoms with Crippen molar-refractivity contribution in [1.82, 2.24) is 5.43 Å². The molecule has 0 aliphatic rings. The van der Waals surface area contributed by atoms with E-state index in [2.05, 4.69) is 12.0 Å². The summed E-state index contributed by atoms with van der Waals surface area (Å²) in [6.45, 7) is 3.67. The molecule has 0 fully saturated rings. The maximum atomic E-state index is 5.58. The molecule has 0 aromatic rings. The summed E-state index contributed by atoms with van der Waals surface area (Å²) in [5.74, 6) is 6.10. The first-order valence-electron chi connectivity index (χ1n) is 4.48. The summed E-state index contributed by atoms with van der Waals surface area (Å²) >= 11 is 5.58. The lowest BCUT2D eigenvalue weighted by Crippen LogP contribution is -2.35. The van der Waals surface area contributed by atoms with Gasteiger partial charge >= 0.3 is 0 Å². The van der Waals surface area contributed by atoms with Gasteiger partial charge in [0.1, 0.15) is 0 Å². The first-order chi connectivity index (χ1) is 5.85. The van der Waals surface area contributed by atoms with Crippen LogP contribution in [0.2, 0.25) is 0 Å². The minimum Gasteiger partial charge on any atom is -0.271 e. The van der Waals surface area contributed by atoms with E-state index < -0.39 is 0 Å². The van der Waals surface area contributed by atoms with Crippen molar-refractivity contribution in [2.75, 3.05) is 5.88 Å². The molecule has 0 aromatic heterocycles. The maximum absolute atomic E-state index is 5.58. The van der Waals surface area contributed by atoms with Crippen molar-refractivity contribution in [3.8, 4) is 0 Å². The summed E-state index contributed by atoms with van der Waals surface area (Å²) in [5, 5.41) is 0. The number of nitrogens with one attached hydrogen (secondary N) is 1. The number of hydrogen-bond donors (Lipinski definition) is 2. The van der Waals surface area contributed by atoms with Crippen molar-refractivity contribution in [3.05, 3.63) is 12.7 Å². The van der Waals surface area contributed by atoms with Crippen LogP contribution in [0, 0.1) is 0 Å². The van der Waals surface area contributed by atoms with Crippen LogP contribution in [0.4, 0.5) is 0 Å². The van der Waals surface area contributed by atoms with E-state index in [-0.39, 0.29) is 0 Å². The van der Waals surface area contributed by atoms with Crippen LogP contribution in [0.25, 0.3) is 0 Å². The zero-order valence-electron chi connectivity index (χ0n) is 7.56. The third-order valence-corrected chi connectivity index (χ3v) is 2.15. The van der Waals surface area contributed by atoms with Crippen LogP contribution in [-0.2, 0) is 0 Å². The van der Waals surface area contributed by atoms with E-state index in [9.17, 15) is 0 Å². The quantitative estimate of drug-likeness (QED) is 0.203. The van der Waals surface area contributed by atoms with Crippen molar-refractivity contribution in [1.29, 1.82) is 0 Å². The Balaban J connectivity index is 3.32. The molecule has 1 unspecified atom stereocenters. The van der Waals surface area contributed by atoms with E-state index >= 15 is 0 Å². The Kier molecular flexibility index (Phi) is 9.00. The van der Waals surface area contributed by atoms with Gasteiger partial charge in [0, 0.05) is 11.9 Å². The van der Waals surface area contributed by atoms with E-state index in [1.54, 1.807) is 0 Å². The lowest BCUT2D eigenvalue weighted by molar-refractivity contribution is 0.449. The maximum Gasteiger partial charge on any atom is 0.0224 e. The van der Waals surface area contributed by atoms with Gasteiger partial charge in [-0.3, -0.25) is 11.3 Å². The predicted molar refractivity (Wildman–Crippen MR) is 55.1 cm³/mol. The first kappa shape index (κ1) is 11.9. The van der Waals surface area contributed by atoms with Gasteiger partial charge in [0.25, 0.3) is 0 Å². The van der Waals surface area contributed by atoms with Gasteiger partial charge in [0.05, 0.1) is 0 Å². The van der Waals surface area contributed by atoms with Gasteiger partial charge in [0.15, 0.2) is 0 Å². The van der Waals surface area contributed by atoms with Crippen molar-refractivity contribution in [3.63, 3.8) is 0 Å². The Morgan fingerprint density at radius 3 is 2.58 bits per heavy atom. The molecular weight excluding hydrogens is 172 g/mol. The van der Waals surface area contributed by atoms with Gasteiger partial charge < -0.3 is 0 Å². The topological polar surface area (TPSA) is 38.0 Å². The highest BCUT2D eigenvalue weighted by atomic mass is 35.5. The molecule has 1 atom stereocenters. The van der Waals surface area contributed by atoms with Crippen molar-refractivity contribution >= 4 is 11.6 Å². The number of nitrogens with two attached hydrogens (primary N) is 1. The molecule has 72 valence electrons. The zero-order valence-corrected chi connectivity index (χ0v) is 8.32. The molecule has 0 heterocycles. The fraction of sp³-hybridized carbons (Fsp3) is 0.778. The Hall–Kier alpha value is -0.0500. The van der Waals surface area contributed by atoms with Crippen LogP contribution >= 0.6 is 11.6 Å². The van der Waals surface area contributed by atoms with Crippen LogP contribution in [0.3, 0.4) is 0 Å². The average molecular weight is 191 g/mol. The van der Waals surface area contributed by atoms with E-state index in [0.29, 0.717) is 6.04 Å². The lowest BCUT2D eigenvalue weighted by atomic mass is 10.1. The standard InChI is InChI=1S/C9H19ClN2/c1-2-3-4-6-9(12-11)7-5-8-10/h2,9,12H,1,3-8,11H2. The molecule has 0 aliphatic carbocycles. The fourth-order valence-electron chi connectivity index (χ4n) is 1.14. The first-order valence-corrected chi connectivity index (χ1v) is 5.01. The van der Waals surface area contributed by atoms with Gasteiger partial charge in [-0.1, -0.05) is 6.08 Å². The molecular formula is C9H19ClN2. The summed E-state index contributed by atoms with van der Waals surface area (Å²) in [7, 11) is 0. The Morgan fingerprint density at radius 2 is 2.08 bits per heavy atom. The average Bonchev–Trinajstić information content (AvgIpc) is 2.11. The van der Waals surface area contributed by atoms with Crippen LogP contribution in [0.15, 0.2) is 12.7 Å². The Labute approximate surface area is 80.1 Å². The van der Waals surface area contributed by atoms with E-state index in [1.165, 1.54) is 0 Å². The molecule has 0 saturated heterocycles. The molecule has 0 bridgehead atoms. The largest absolute Gasteiger partial charge is 0.271 e. The van der Waals surface area contributed by atoms with Gasteiger partial charge in [-0.05, 0) is 32.1 Å². The number of hydrogen-bond acceptors (Lipinski definition) is 2. The third-order valence-electron chi connectivity index (χ3n) is 1.88. The third kappa shape index (κ3) is 6.65. The normalized spacial score (nSPS) is 12.8. The zero-order chi connectivity index (χ0) is 9.23. The summed E-state index contributed by atoms with van der Waals surface area (Å²) in [5.41, 5.74) is 2.80. The van der Waals surface area contributed by atoms with Crippen molar-refractivity contribution < 1.29 is 0 Å². The van der Waals surface area contributed by atoms with Crippen LogP contribution < -0.4 is 11.3 Å². The van der Waals surface area contributed by atoms with Crippen LogP contribution in [0.5, 0.6) is 0 Å². The van der Waals surface area contributed by atoms with Gasteiger partial charge in [-0.15, -0.1) is 18.2 Å². The molecule has 2 nitrogen and oxygen atoms in total. The number of alkyl halides is 1. The van der Waals surface area contributed by atoms with E-state index in [4.69, 9.17) is 17.4 Å².